The number of likely N-dealkylation sites (N-methyl/N-ethyl adjacent to an activating group) is 1. The van der Waals surface area contributed by atoms with E-state index in [1.54, 1.807) is 7.05 Å². The van der Waals surface area contributed by atoms with Crippen molar-refractivity contribution in [3.8, 4) is 0 Å². The van der Waals surface area contributed by atoms with Crippen LogP contribution < -0.4 is 4.90 Å². The molecule has 0 aromatic heterocycles. The van der Waals surface area contributed by atoms with Crippen molar-refractivity contribution in [2.45, 2.75) is 26.7 Å². The quantitative estimate of drug-likeness (QED) is 0.782. The molecule has 0 saturated heterocycles. The number of fused-ring (bicyclic) bond motifs is 1. The minimum Gasteiger partial charge on any atom is -0.336 e. The first-order valence-corrected chi connectivity index (χ1v) is 8.99. The van der Waals surface area contributed by atoms with Gasteiger partial charge < -0.3 is 4.90 Å². The monoisotopic (exact) mass is 346 g/mol. The largest absolute Gasteiger partial charge is 0.336 e. The molecule has 2 aliphatic heterocycles. The van der Waals surface area contributed by atoms with Gasteiger partial charge in [0.05, 0.1) is 5.57 Å². The second-order valence-electron chi connectivity index (χ2n) is 7.08. The number of carbonyl (C=O) groups excluding carboxylic acids is 2. The maximum absolute atomic E-state index is 13.0. The van der Waals surface area contributed by atoms with Crippen molar-refractivity contribution in [2.24, 2.45) is 0 Å². The van der Waals surface area contributed by atoms with Crippen LogP contribution in [0.1, 0.15) is 28.7 Å². The van der Waals surface area contributed by atoms with Crippen LogP contribution in [0.3, 0.4) is 0 Å². The Bertz CT molecular complexity index is 958. The second kappa shape index (κ2) is 6.13. The Labute approximate surface area is 153 Å². The van der Waals surface area contributed by atoms with Crippen molar-refractivity contribution in [3.63, 3.8) is 0 Å². The zero-order valence-electron chi connectivity index (χ0n) is 15.4. The highest BCUT2D eigenvalue weighted by Gasteiger charge is 2.40. The van der Waals surface area contributed by atoms with E-state index in [2.05, 4.69) is 6.07 Å². The fourth-order valence-electron chi connectivity index (χ4n) is 3.80. The van der Waals surface area contributed by atoms with E-state index in [1.165, 1.54) is 16.0 Å². The Balaban J connectivity index is 1.93. The molecule has 0 saturated carbocycles. The van der Waals surface area contributed by atoms with E-state index in [1.807, 2.05) is 55.1 Å². The van der Waals surface area contributed by atoms with Crippen molar-refractivity contribution < 1.29 is 9.59 Å². The molecule has 0 radical (unpaired) electrons. The number of hydrogen-bond donors (Lipinski definition) is 0. The smallest absolute Gasteiger partial charge is 0.277 e. The number of carbonyl (C=O) groups is 2. The standard InChI is InChI=1S/C22H22N2O2/c1-14-10-11-17(13-15(14)2)19-20(22(26)23(3)21(19)25)24-12-6-8-16-7-4-5-9-18(16)24/h4-5,7,9-11,13H,6,8,12H2,1-3H3. The SMILES string of the molecule is Cc1ccc(C2=C(N3CCCc4ccccc43)C(=O)N(C)C2=O)cc1C. The summed E-state index contributed by atoms with van der Waals surface area (Å²) in [6.45, 7) is 4.82. The predicted molar refractivity (Wildman–Crippen MR) is 103 cm³/mol. The summed E-state index contributed by atoms with van der Waals surface area (Å²) in [6.07, 6.45) is 1.96. The summed E-state index contributed by atoms with van der Waals surface area (Å²) >= 11 is 0. The molecule has 0 unspecified atom stereocenters. The van der Waals surface area contributed by atoms with Crippen molar-refractivity contribution in [3.05, 3.63) is 70.4 Å². The van der Waals surface area contributed by atoms with Crippen LogP contribution in [0.15, 0.2) is 48.2 Å². The number of benzene rings is 2. The molecular weight excluding hydrogens is 324 g/mol. The molecule has 4 rings (SSSR count). The summed E-state index contributed by atoms with van der Waals surface area (Å²) in [6, 6.07) is 14.1. The van der Waals surface area contributed by atoms with Crippen LogP contribution in [-0.4, -0.2) is 30.3 Å². The molecule has 2 aromatic carbocycles. The number of amides is 2. The second-order valence-corrected chi connectivity index (χ2v) is 7.08. The summed E-state index contributed by atoms with van der Waals surface area (Å²) in [4.78, 5) is 29.1. The molecule has 132 valence electrons. The highest BCUT2D eigenvalue weighted by Crippen LogP contribution is 2.37. The third-order valence-corrected chi connectivity index (χ3v) is 5.44. The third-order valence-electron chi connectivity index (χ3n) is 5.44. The van der Waals surface area contributed by atoms with E-state index in [9.17, 15) is 9.59 Å². The van der Waals surface area contributed by atoms with E-state index in [0.29, 0.717) is 11.3 Å². The normalized spacial score (nSPS) is 17.2. The summed E-state index contributed by atoms with van der Waals surface area (Å²) < 4.78 is 0. The highest BCUT2D eigenvalue weighted by atomic mass is 16.2. The summed E-state index contributed by atoms with van der Waals surface area (Å²) in [5.74, 6) is -0.448. The fourth-order valence-corrected chi connectivity index (χ4v) is 3.80. The van der Waals surface area contributed by atoms with Gasteiger partial charge in [-0.2, -0.15) is 0 Å². The lowest BCUT2D eigenvalue weighted by molar-refractivity contribution is -0.135. The average Bonchev–Trinajstić information content (AvgIpc) is 2.87. The number of rotatable bonds is 2. The van der Waals surface area contributed by atoms with Gasteiger partial charge in [0.2, 0.25) is 0 Å². The van der Waals surface area contributed by atoms with Crippen molar-refractivity contribution >= 4 is 23.1 Å². The van der Waals surface area contributed by atoms with Gasteiger partial charge in [0, 0.05) is 19.3 Å². The van der Waals surface area contributed by atoms with Gasteiger partial charge in [-0.25, -0.2) is 0 Å². The first kappa shape index (κ1) is 16.6. The molecule has 0 N–H and O–H groups in total. The van der Waals surface area contributed by atoms with E-state index in [0.717, 1.165) is 36.2 Å². The van der Waals surface area contributed by atoms with Crippen molar-refractivity contribution in [2.75, 3.05) is 18.5 Å². The molecule has 0 aliphatic carbocycles. The van der Waals surface area contributed by atoms with Gasteiger partial charge in [0.15, 0.2) is 0 Å². The molecule has 0 spiro atoms. The van der Waals surface area contributed by atoms with Gasteiger partial charge in [0.1, 0.15) is 5.70 Å². The Morgan fingerprint density at radius 1 is 0.923 bits per heavy atom. The molecule has 0 atom stereocenters. The lowest BCUT2D eigenvalue weighted by atomic mass is 9.97. The van der Waals surface area contributed by atoms with Gasteiger partial charge in [-0.05, 0) is 55.0 Å². The Morgan fingerprint density at radius 2 is 1.69 bits per heavy atom. The first-order chi connectivity index (χ1) is 12.5. The van der Waals surface area contributed by atoms with Gasteiger partial charge in [-0.15, -0.1) is 0 Å². The highest BCUT2D eigenvalue weighted by molar-refractivity contribution is 6.36. The number of hydrogen-bond acceptors (Lipinski definition) is 3. The summed E-state index contributed by atoms with van der Waals surface area (Å²) in [5.41, 5.74) is 6.37. The van der Waals surface area contributed by atoms with E-state index in [4.69, 9.17) is 0 Å². The van der Waals surface area contributed by atoms with E-state index in [-0.39, 0.29) is 11.8 Å². The Kier molecular flexibility index (Phi) is 3.91. The maximum Gasteiger partial charge on any atom is 0.277 e. The number of nitrogens with zero attached hydrogens (tertiary/aromatic N) is 2. The molecule has 4 nitrogen and oxygen atoms in total. The lowest BCUT2D eigenvalue weighted by Gasteiger charge is -2.32. The maximum atomic E-state index is 13.0. The zero-order valence-corrected chi connectivity index (χ0v) is 15.4. The van der Waals surface area contributed by atoms with Gasteiger partial charge >= 0.3 is 0 Å². The predicted octanol–water partition coefficient (Wildman–Crippen LogP) is 3.47. The van der Waals surface area contributed by atoms with Crippen LogP contribution in [-0.2, 0) is 16.0 Å². The minimum absolute atomic E-state index is 0.222. The van der Waals surface area contributed by atoms with Crippen molar-refractivity contribution in [1.82, 2.24) is 4.90 Å². The molecule has 4 heteroatoms. The molecule has 26 heavy (non-hydrogen) atoms. The van der Waals surface area contributed by atoms with Gasteiger partial charge in [0.25, 0.3) is 11.8 Å². The summed E-state index contributed by atoms with van der Waals surface area (Å²) in [5, 5.41) is 0. The van der Waals surface area contributed by atoms with Crippen LogP contribution in [0.2, 0.25) is 0 Å². The molecule has 0 bridgehead atoms. The van der Waals surface area contributed by atoms with Crippen LogP contribution in [0.5, 0.6) is 0 Å². The summed E-state index contributed by atoms with van der Waals surface area (Å²) in [7, 11) is 1.56. The number of aryl methyl sites for hydroxylation is 3. The van der Waals surface area contributed by atoms with Crippen LogP contribution in [0.25, 0.3) is 5.57 Å². The lowest BCUT2D eigenvalue weighted by Crippen LogP contribution is -2.35. The van der Waals surface area contributed by atoms with Crippen molar-refractivity contribution in [1.29, 1.82) is 0 Å². The molecule has 2 aliphatic rings. The Morgan fingerprint density at radius 3 is 2.46 bits per heavy atom. The first-order valence-electron chi connectivity index (χ1n) is 8.99. The number of anilines is 1. The number of imide groups is 1. The van der Waals surface area contributed by atoms with E-state index >= 15 is 0 Å². The molecule has 0 fully saturated rings. The minimum atomic E-state index is -0.226. The topological polar surface area (TPSA) is 40.6 Å². The van der Waals surface area contributed by atoms with Crippen LogP contribution >= 0.6 is 0 Å². The van der Waals surface area contributed by atoms with Crippen LogP contribution in [0.4, 0.5) is 5.69 Å². The average molecular weight is 346 g/mol. The molecular formula is C22H22N2O2. The Hall–Kier alpha value is -2.88. The van der Waals surface area contributed by atoms with Gasteiger partial charge in [-0.3, -0.25) is 14.5 Å². The molecule has 2 aromatic rings. The fraction of sp³-hybridized carbons (Fsp3) is 0.273. The number of para-hydroxylation sites is 1. The van der Waals surface area contributed by atoms with Crippen LogP contribution in [0, 0.1) is 13.8 Å². The molecule has 2 amide bonds. The van der Waals surface area contributed by atoms with E-state index < -0.39 is 0 Å². The molecule has 2 heterocycles. The van der Waals surface area contributed by atoms with Gasteiger partial charge in [-0.1, -0.05) is 36.4 Å². The third kappa shape index (κ3) is 2.45. The zero-order chi connectivity index (χ0) is 18.4.